The number of rotatable bonds is 3. The van der Waals surface area contributed by atoms with Crippen molar-refractivity contribution in [1.29, 1.82) is 0 Å². The summed E-state index contributed by atoms with van der Waals surface area (Å²) in [6.45, 7) is 0. The highest BCUT2D eigenvalue weighted by molar-refractivity contribution is 5.90. The zero-order chi connectivity index (χ0) is 24.8. The van der Waals surface area contributed by atoms with Gasteiger partial charge in [0.05, 0.1) is 10.5 Å². The zero-order valence-electron chi connectivity index (χ0n) is 17.6. The Labute approximate surface area is 194 Å². The molecule has 0 N–H and O–H groups in total. The van der Waals surface area contributed by atoms with Crippen LogP contribution in [-0.2, 0) is 12.4 Å². The molecule has 5 rings (SSSR count). The average molecular weight is 484 g/mol. The second-order valence-electron chi connectivity index (χ2n) is 7.58. The van der Waals surface area contributed by atoms with Crippen molar-refractivity contribution < 1.29 is 26.3 Å². The normalized spacial score (nSPS) is 13.3. The molecule has 4 aromatic rings. The Morgan fingerprint density at radius 2 is 1.17 bits per heavy atom. The van der Waals surface area contributed by atoms with Gasteiger partial charge in [-0.2, -0.15) is 31.3 Å². The predicted molar refractivity (Wildman–Crippen MR) is 118 cm³/mol. The van der Waals surface area contributed by atoms with Crippen LogP contribution < -0.4 is 9.15 Å². The summed E-state index contributed by atoms with van der Waals surface area (Å²) in [7, 11) is 0. The smallest absolute Gasteiger partial charge is 0.188 e. The van der Waals surface area contributed by atoms with Crippen molar-refractivity contribution in [1.82, 2.24) is 19.1 Å². The predicted octanol–water partition coefficient (Wildman–Crippen LogP) is 7.04. The summed E-state index contributed by atoms with van der Waals surface area (Å²) in [4.78, 5) is 7.62. The topological polar surface area (TPSA) is 31.8 Å². The molecule has 0 aliphatic carbocycles. The summed E-state index contributed by atoms with van der Waals surface area (Å²) in [5.41, 5.74) is 0.467. The molecular formula is C25H14F6N4+2. The first-order chi connectivity index (χ1) is 16.6. The van der Waals surface area contributed by atoms with Gasteiger partial charge in [0.2, 0.25) is 0 Å². The van der Waals surface area contributed by atoms with Crippen molar-refractivity contribution in [2.24, 2.45) is 0 Å². The fourth-order valence-corrected chi connectivity index (χ4v) is 3.67. The number of alkyl halides is 6. The van der Waals surface area contributed by atoms with Gasteiger partial charge in [0.1, 0.15) is 5.69 Å². The molecule has 10 heteroatoms. The van der Waals surface area contributed by atoms with Gasteiger partial charge in [0.25, 0.3) is 0 Å². The van der Waals surface area contributed by atoms with Gasteiger partial charge in [-0.15, -0.1) is 4.58 Å². The van der Waals surface area contributed by atoms with Gasteiger partial charge in [0.15, 0.2) is 11.4 Å². The second kappa shape index (κ2) is 8.18. The molecule has 0 atom stereocenters. The van der Waals surface area contributed by atoms with Crippen LogP contribution in [-0.4, -0.2) is 16.0 Å². The number of hydrogen-bond acceptors (Lipinski definition) is 2. The fourth-order valence-electron chi connectivity index (χ4n) is 3.67. The highest BCUT2D eigenvalue weighted by Crippen LogP contribution is 2.43. The van der Waals surface area contributed by atoms with E-state index in [1.807, 2.05) is 0 Å². The fraction of sp³-hybridized carbons (Fsp3) is 0.0800. The lowest BCUT2D eigenvalue weighted by molar-refractivity contribution is -0.144. The summed E-state index contributed by atoms with van der Waals surface area (Å²) in [5.74, 6) is -1.53. The van der Waals surface area contributed by atoms with Gasteiger partial charge in [0, 0.05) is 5.56 Å². The number of hydrogen-bond donors (Lipinski definition) is 0. The van der Waals surface area contributed by atoms with Crippen LogP contribution in [0.4, 0.5) is 49.2 Å². The summed E-state index contributed by atoms with van der Waals surface area (Å²) in [6.07, 6.45) is -9.42. The summed E-state index contributed by atoms with van der Waals surface area (Å²) < 4.78 is 83.2. The van der Waals surface area contributed by atoms with Crippen LogP contribution in [0.15, 0.2) is 84.9 Å². The van der Waals surface area contributed by atoms with Crippen molar-refractivity contribution in [2.45, 2.75) is 12.4 Å². The van der Waals surface area contributed by atoms with E-state index in [-0.39, 0.29) is 22.9 Å². The van der Waals surface area contributed by atoms with Crippen molar-refractivity contribution in [3.63, 3.8) is 0 Å². The molecule has 0 saturated carbocycles. The first-order valence-corrected chi connectivity index (χ1v) is 10.3. The standard InChI is InChI=1S/C25H14F6N4/c26-24(27,28)17-11-13-19(14-12-17)35-15-34(18-9-5-2-6-10-18)21-20(16-7-3-1-4-8-16)32-23(25(29,30)31)33-22(21)35/h1-14H/q+2. The zero-order valence-corrected chi connectivity index (χ0v) is 17.6. The minimum absolute atomic E-state index is 0.00805. The van der Waals surface area contributed by atoms with E-state index >= 15 is 0 Å². The van der Waals surface area contributed by atoms with Crippen molar-refractivity contribution in [3.05, 3.63) is 96.3 Å². The van der Waals surface area contributed by atoms with Crippen LogP contribution >= 0.6 is 0 Å². The first kappa shape index (κ1) is 22.5. The lowest BCUT2D eigenvalue weighted by atomic mass is 10.1. The summed E-state index contributed by atoms with van der Waals surface area (Å²) in [6, 6.07) is 24.0. The van der Waals surface area contributed by atoms with Crippen LogP contribution in [0.2, 0.25) is 0 Å². The Hall–Kier alpha value is -4.30. The van der Waals surface area contributed by atoms with Gasteiger partial charge < -0.3 is 0 Å². The van der Waals surface area contributed by atoms with E-state index in [0.29, 0.717) is 11.3 Å². The maximum absolute atomic E-state index is 13.8. The van der Waals surface area contributed by atoms with Crippen molar-refractivity contribution in [2.75, 3.05) is 0 Å². The SMILES string of the molecule is FC(F)(F)c1ccc([N+]2=C=[N+](c3ccccc3)c3c(-c4ccccc4)nc(C(F)(F)F)nc32)cc1. The van der Waals surface area contributed by atoms with E-state index in [2.05, 4.69) is 16.0 Å². The maximum Gasteiger partial charge on any atom is 0.486 e. The monoisotopic (exact) mass is 484 g/mol. The number of para-hydroxylation sites is 1. The van der Waals surface area contributed by atoms with Gasteiger partial charge >= 0.3 is 35.7 Å². The Balaban J connectivity index is 1.81. The van der Waals surface area contributed by atoms with Gasteiger partial charge in [-0.1, -0.05) is 53.1 Å². The molecule has 1 aromatic heterocycles. The third-order valence-corrected chi connectivity index (χ3v) is 5.27. The van der Waals surface area contributed by atoms with Crippen LogP contribution in [0.1, 0.15) is 11.4 Å². The minimum Gasteiger partial charge on any atom is -0.188 e. The molecule has 1 aliphatic heterocycles. The number of nitrogens with zero attached hydrogens (tertiary/aromatic N) is 4. The molecule has 0 fully saturated rings. The Bertz CT molecular complexity index is 1470. The molecule has 35 heavy (non-hydrogen) atoms. The first-order valence-electron chi connectivity index (χ1n) is 10.3. The van der Waals surface area contributed by atoms with E-state index in [0.717, 1.165) is 24.3 Å². The van der Waals surface area contributed by atoms with Gasteiger partial charge in [-0.3, -0.25) is 0 Å². The van der Waals surface area contributed by atoms with E-state index < -0.39 is 23.7 Å². The number of halogens is 6. The lowest BCUT2D eigenvalue weighted by Gasteiger charge is -2.07. The van der Waals surface area contributed by atoms with E-state index in [1.165, 1.54) is 9.15 Å². The number of fused-ring (bicyclic) bond motifs is 1. The molecule has 174 valence electrons. The third kappa shape index (κ3) is 4.20. The Morgan fingerprint density at radius 1 is 0.600 bits per heavy atom. The summed E-state index contributed by atoms with van der Waals surface area (Å²) in [5, 5.41) is 0. The van der Waals surface area contributed by atoms with Crippen LogP contribution in [0.3, 0.4) is 0 Å². The Kier molecular flexibility index (Phi) is 5.25. The van der Waals surface area contributed by atoms with Crippen LogP contribution in [0.25, 0.3) is 11.3 Å². The Morgan fingerprint density at radius 3 is 1.74 bits per heavy atom. The maximum atomic E-state index is 13.8. The molecule has 0 amide bonds. The lowest BCUT2D eigenvalue weighted by Crippen LogP contribution is -2.15. The van der Waals surface area contributed by atoms with Crippen LogP contribution in [0.5, 0.6) is 0 Å². The molecule has 0 bridgehead atoms. The molecule has 3 aromatic carbocycles. The van der Waals surface area contributed by atoms with Gasteiger partial charge in [-0.25, -0.2) is 0 Å². The minimum atomic E-state index is -4.86. The average Bonchev–Trinajstić information content (AvgIpc) is 3.23. The second-order valence-corrected chi connectivity index (χ2v) is 7.58. The van der Waals surface area contributed by atoms with Gasteiger partial charge in [-0.05, 0) is 36.4 Å². The highest BCUT2D eigenvalue weighted by Gasteiger charge is 2.49. The summed E-state index contributed by atoms with van der Waals surface area (Å²) >= 11 is 0. The van der Waals surface area contributed by atoms with E-state index in [4.69, 9.17) is 0 Å². The van der Waals surface area contributed by atoms with E-state index in [1.54, 1.807) is 60.7 Å². The quantitative estimate of drug-likeness (QED) is 0.203. The number of aromatic nitrogens is 2. The molecular weight excluding hydrogens is 470 g/mol. The largest absolute Gasteiger partial charge is 0.486 e. The molecule has 4 nitrogen and oxygen atoms in total. The van der Waals surface area contributed by atoms with Crippen molar-refractivity contribution in [3.8, 4) is 11.3 Å². The highest BCUT2D eigenvalue weighted by atomic mass is 19.4. The third-order valence-electron chi connectivity index (χ3n) is 5.27. The van der Waals surface area contributed by atoms with Crippen LogP contribution in [0, 0.1) is 0 Å². The molecule has 1 aliphatic rings. The molecule has 0 radical (unpaired) electrons. The molecule has 0 unspecified atom stereocenters. The van der Waals surface area contributed by atoms with E-state index in [9.17, 15) is 26.3 Å². The molecule has 0 spiro atoms. The number of benzene rings is 3. The molecule has 0 saturated heterocycles. The van der Waals surface area contributed by atoms with Crippen molar-refractivity contribution >= 4 is 28.9 Å². The molecule has 2 heterocycles.